The molecule has 0 fully saturated rings. The summed E-state index contributed by atoms with van der Waals surface area (Å²) in [5.41, 5.74) is -0.0853. The van der Waals surface area contributed by atoms with Gasteiger partial charge >= 0.3 is 5.97 Å². The molecular formula is C20H24O7. The second kappa shape index (κ2) is 8.33. The molecule has 0 aliphatic carbocycles. The lowest BCUT2D eigenvalue weighted by Gasteiger charge is -2.24. The van der Waals surface area contributed by atoms with Crippen LogP contribution in [0.1, 0.15) is 55.5 Å². The summed E-state index contributed by atoms with van der Waals surface area (Å²) in [5, 5.41) is 10.3. The summed E-state index contributed by atoms with van der Waals surface area (Å²) in [6, 6.07) is 2.91. The molecule has 146 valence electrons. The average Bonchev–Trinajstić information content (AvgIpc) is 2.62. The normalized spacial score (nSPS) is 19.1. The predicted molar refractivity (Wildman–Crippen MR) is 95.9 cm³/mol. The number of hydrogen-bond acceptors (Lipinski definition) is 7. The molecule has 1 heterocycles. The number of ether oxygens (including phenoxy) is 2. The van der Waals surface area contributed by atoms with Crippen molar-refractivity contribution >= 4 is 23.3 Å². The van der Waals surface area contributed by atoms with Crippen LogP contribution in [0, 0.1) is 5.41 Å². The number of benzene rings is 1. The maximum atomic E-state index is 12.6. The molecule has 0 aromatic heterocycles. The van der Waals surface area contributed by atoms with E-state index in [1.54, 1.807) is 19.9 Å². The third-order valence-corrected chi connectivity index (χ3v) is 4.59. The number of Topliss-reactive ketones (excluding diaryl/α,β-unsaturated/α-hetero) is 3. The van der Waals surface area contributed by atoms with E-state index < -0.39 is 28.7 Å². The Morgan fingerprint density at radius 3 is 2.37 bits per heavy atom. The number of rotatable bonds is 1. The van der Waals surface area contributed by atoms with E-state index in [0.29, 0.717) is 17.7 Å². The van der Waals surface area contributed by atoms with Crippen LogP contribution in [-0.2, 0) is 25.5 Å². The number of esters is 1. The van der Waals surface area contributed by atoms with Crippen molar-refractivity contribution in [2.24, 2.45) is 5.41 Å². The van der Waals surface area contributed by atoms with Gasteiger partial charge < -0.3 is 14.6 Å². The number of cyclic esters (lactones) is 1. The van der Waals surface area contributed by atoms with E-state index >= 15 is 0 Å². The first-order valence-electron chi connectivity index (χ1n) is 8.82. The van der Waals surface area contributed by atoms with Gasteiger partial charge in [-0.15, -0.1) is 0 Å². The van der Waals surface area contributed by atoms with E-state index in [0.717, 1.165) is 0 Å². The fourth-order valence-electron chi connectivity index (χ4n) is 2.89. The fourth-order valence-corrected chi connectivity index (χ4v) is 2.89. The van der Waals surface area contributed by atoms with Gasteiger partial charge in [-0.25, -0.2) is 4.79 Å². The van der Waals surface area contributed by atoms with Crippen LogP contribution < -0.4 is 4.74 Å². The molecular weight excluding hydrogens is 352 g/mol. The number of fused-ring (bicyclic) bond motifs is 1. The third-order valence-electron chi connectivity index (χ3n) is 4.59. The standard InChI is InChI=1S/C20H24O7/c1-20(2)8-7-15(22)18(24)14(21)6-4-5-12-9-13(26-3)10-16(23)17(12)19(25)27-11-20/h9-10,23H,4-8,11H2,1-3H3. The van der Waals surface area contributed by atoms with Gasteiger partial charge in [0.1, 0.15) is 17.1 Å². The van der Waals surface area contributed by atoms with Gasteiger partial charge in [0, 0.05) is 18.9 Å². The van der Waals surface area contributed by atoms with Gasteiger partial charge in [0.15, 0.2) is 0 Å². The highest BCUT2D eigenvalue weighted by molar-refractivity contribution is 6.63. The van der Waals surface area contributed by atoms with Gasteiger partial charge in [-0.3, -0.25) is 14.4 Å². The van der Waals surface area contributed by atoms with E-state index in [9.17, 15) is 24.3 Å². The Kier molecular flexibility index (Phi) is 6.36. The van der Waals surface area contributed by atoms with E-state index in [4.69, 9.17) is 9.47 Å². The molecule has 0 amide bonds. The van der Waals surface area contributed by atoms with Crippen molar-refractivity contribution < 1.29 is 33.8 Å². The van der Waals surface area contributed by atoms with Crippen molar-refractivity contribution in [2.75, 3.05) is 13.7 Å². The van der Waals surface area contributed by atoms with E-state index in [1.165, 1.54) is 13.2 Å². The van der Waals surface area contributed by atoms with E-state index in [1.807, 2.05) is 0 Å². The predicted octanol–water partition coefficient (Wildman–Crippen LogP) is 2.41. The summed E-state index contributed by atoms with van der Waals surface area (Å²) < 4.78 is 10.5. The number of carbonyl (C=O) groups is 4. The lowest BCUT2D eigenvalue weighted by atomic mass is 9.86. The maximum absolute atomic E-state index is 12.6. The van der Waals surface area contributed by atoms with E-state index in [2.05, 4.69) is 0 Å². The summed E-state index contributed by atoms with van der Waals surface area (Å²) in [4.78, 5) is 48.4. The van der Waals surface area contributed by atoms with Crippen molar-refractivity contribution in [1.82, 2.24) is 0 Å². The first kappa shape index (κ1) is 20.6. The van der Waals surface area contributed by atoms with Crippen molar-refractivity contribution in [2.45, 2.75) is 46.0 Å². The fraction of sp³-hybridized carbons (Fsp3) is 0.500. The lowest BCUT2D eigenvalue weighted by Crippen LogP contribution is -2.28. The Hall–Kier alpha value is -2.70. The molecule has 0 saturated carbocycles. The van der Waals surface area contributed by atoms with Gasteiger partial charge in [0.25, 0.3) is 5.78 Å². The van der Waals surface area contributed by atoms with Crippen LogP contribution in [0.3, 0.4) is 0 Å². The molecule has 0 radical (unpaired) electrons. The molecule has 2 rings (SSSR count). The van der Waals surface area contributed by atoms with Crippen LogP contribution in [0.2, 0.25) is 0 Å². The van der Waals surface area contributed by atoms with Crippen LogP contribution in [0.25, 0.3) is 0 Å². The van der Waals surface area contributed by atoms with Crippen LogP contribution >= 0.6 is 0 Å². The second-order valence-corrected chi connectivity index (χ2v) is 7.45. The lowest BCUT2D eigenvalue weighted by molar-refractivity contribution is -0.144. The number of aromatic hydroxyl groups is 1. The summed E-state index contributed by atoms with van der Waals surface area (Å²) in [5.74, 6) is -3.00. The highest BCUT2D eigenvalue weighted by Gasteiger charge is 2.29. The number of phenols is 1. The number of methoxy groups -OCH3 is 1. The van der Waals surface area contributed by atoms with E-state index in [-0.39, 0.29) is 43.6 Å². The molecule has 0 atom stereocenters. The van der Waals surface area contributed by atoms with Gasteiger partial charge in [-0.2, -0.15) is 0 Å². The Bertz CT molecular complexity index is 777. The number of aryl methyl sites for hydroxylation is 1. The number of hydrogen-bond donors (Lipinski definition) is 1. The van der Waals surface area contributed by atoms with Gasteiger partial charge in [-0.1, -0.05) is 13.8 Å². The van der Waals surface area contributed by atoms with Crippen LogP contribution in [0.5, 0.6) is 11.5 Å². The van der Waals surface area contributed by atoms with Crippen LogP contribution in [-0.4, -0.2) is 42.1 Å². The topological polar surface area (TPSA) is 107 Å². The number of carbonyl (C=O) groups excluding carboxylic acids is 4. The Morgan fingerprint density at radius 1 is 1.04 bits per heavy atom. The van der Waals surface area contributed by atoms with Crippen molar-refractivity contribution in [1.29, 1.82) is 0 Å². The van der Waals surface area contributed by atoms with Crippen LogP contribution in [0.15, 0.2) is 12.1 Å². The second-order valence-electron chi connectivity index (χ2n) is 7.45. The number of phenolic OH excluding ortho intramolecular Hbond substituents is 1. The molecule has 1 aliphatic heterocycles. The first-order valence-corrected chi connectivity index (χ1v) is 8.82. The summed E-state index contributed by atoms with van der Waals surface area (Å²) in [7, 11) is 1.43. The molecule has 7 nitrogen and oxygen atoms in total. The zero-order chi connectivity index (χ0) is 20.2. The molecule has 0 saturated heterocycles. The molecule has 0 bridgehead atoms. The highest BCUT2D eigenvalue weighted by Crippen LogP contribution is 2.31. The average molecular weight is 376 g/mol. The Labute approximate surface area is 157 Å². The van der Waals surface area contributed by atoms with Crippen molar-refractivity contribution in [3.8, 4) is 11.5 Å². The van der Waals surface area contributed by atoms with Gasteiger partial charge in [0.05, 0.1) is 13.7 Å². The Morgan fingerprint density at radius 2 is 1.70 bits per heavy atom. The minimum atomic E-state index is -0.978. The summed E-state index contributed by atoms with van der Waals surface area (Å²) in [6.07, 6.45) is 0.593. The van der Waals surface area contributed by atoms with Crippen molar-refractivity contribution in [3.63, 3.8) is 0 Å². The monoisotopic (exact) mass is 376 g/mol. The zero-order valence-corrected chi connectivity index (χ0v) is 15.8. The zero-order valence-electron chi connectivity index (χ0n) is 15.8. The molecule has 1 aromatic rings. The molecule has 27 heavy (non-hydrogen) atoms. The largest absolute Gasteiger partial charge is 0.507 e. The Balaban J connectivity index is 2.38. The molecule has 1 aromatic carbocycles. The SMILES string of the molecule is COc1cc(O)c2c(c1)CCCC(=O)C(=O)C(=O)CCC(C)(C)COC2=O. The highest BCUT2D eigenvalue weighted by atomic mass is 16.5. The molecule has 0 spiro atoms. The third kappa shape index (κ3) is 5.15. The first-order chi connectivity index (χ1) is 12.6. The minimum Gasteiger partial charge on any atom is -0.507 e. The summed E-state index contributed by atoms with van der Waals surface area (Å²) >= 11 is 0. The smallest absolute Gasteiger partial charge is 0.342 e. The van der Waals surface area contributed by atoms with Crippen molar-refractivity contribution in [3.05, 3.63) is 23.3 Å². The van der Waals surface area contributed by atoms with Gasteiger partial charge in [-0.05, 0) is 36.3 Å². The minimum absolute atomic E-state index is 0.00611. The maximum Gasteiger partial charge on any atom is 0.342 e. The van der Waals surface area contributed by atoms with Gasteiger partial charge in [0.2, 0.25) is 11.6 Å². The van der Waals surface area contributed by atoms with Crippen LogP contribution in [0.4, 0.5) is 0 Å². The molecule has 1 N–H and O–H groups in total. The summed E-state index contributed by atoms with van der Waals surface area (Å²) in [6.45, 7) is 3.59. The quantitative estimate of drug-likeness (QED) is 0.592. The molecule has 7 heteroatoms. The molecule has 0 unspecified atom stereocenters. The number of ketones is 3. The molecule has 1 aliphatic rings.